The van der Waals surface area contributed by atoms with E-state index in [-0.39, 0.29) is 24.5 Å². The number of hydrogen-bond donors (Lipinski definition) is 1. The second kappa shape index (κ2) is 8.07. The second-order valence-electron chi connectivity index (χ2n) is 5.49. The zero-order valence-electron chi connectivity index (χ0n) is 13.0. The third-order valence-electron chi connectivity index (χ3n) is 3.72. The molecule has 0 amide bonds. The van der Waals surface area contributed by atoms with Crippen molar-refractivity contribution in [3.63, 3.8) is 0 Å². The van der Waals surface area contributed by atoms with Crippen LogP contribution >= 0.6 is 0 Å². The van der Waals surface area contributed by atoms with Crippen LogP contribution in [0.2, 0.25) is 0 Å². The Kier molecular flexibility index (Phi) is 7.05. The van der Waals surface area contributed by atoms with E-state index in [4.69, 9.17) is 9.84 Å². The predicted octanol–water partition coefficient (Wildman–Crippen LogP) is 0.209. The average molecular weight is 322 g/mol. The molecule has 1 fully saturated rings. The summed E-state index contributed by atoms with van der Waals surface area (Å²) in [5, 5.41) is 8.91. The quantitative estimate of drug-likeness (QED) is 0.677. The smallest absolute Gasteiger partial charge is 0.308 e. The maximum atomic E-state index is 12.6. The molecule has 7 nitrogen and oxygen atoms in total. The summed E-state index contributed by atoms with van der Waals surface area (Å²) in [6.45, 7) is 4.54. The molecule has 1 heterocycles. The first-order valence-corrected chi connectivity index (χ1v) is 8.69. The van der Waals surface area contributed by atoms with Gasteiger partial charge in [0, 0.05) is 32.3 Å². The van der Waals surface area contributed by atoms with Crippen molar-refractivity contribution in [2.24, 2.45) is 5.92 Å². The molecule has 0 radical (unpaired) electrons. The fourth-order valence-electron chi connectivity index (χ4n) is 2.50. The highest BCUT2D eigenvalue weighted by molar-refractivity contribution is 7.86. The molecule has 0 aromatic heterocycles. The van der Waals surface area contributed by atoms with E-state index in [1.165, 1.54) is 15.7 Å². The lowest BCUT2D eigenvalue weighted by molar-refractivity contribution is -0.146. The van der Waals surface area contributed by atoms with Crippen molar-refractivity contribution in [2.45, 2.75) is 39.2 Å². The summed E-state index contributed by atoms with van der Waals surface area (Å²) in [6.07, 6.45) is 1.38. The van der Waals surface area contributed by atoms with Crippen LogP contribution in [-0.2, 0) is 19.7 Å². The van der Waals surface area contributed by atoms with Crippen molar-refractivity contribution in [2.75, 3.05) is 33.4 Å². The maximum absolute atomic E-state index is 12.6. The van der Waals surface area contributed by atoms with Gasteiger partial charge in [0.15, 0.2) is 0 Å². The van der Waals surface area contributed by atoms with Gasteiger partial charge in [0.25, 0.3) is 10.2 Å². The predicted molar refractivity (Wildman–Crippen MR) is 78.8 cm³/mol. The fourth-order valence-corrected chi connectivity index (χ4v) is 4.37. The summed E-state index contributed by atoms with van der Waals surface area (Å²) in [4.78, 5) is 11.5. The summed E-state index contributed by atoms with van der Waals surface area (Å²) in [6, 6.07) is -0.167. The third kappa shape index (κ3) is 4.64. The molecule has 8 heteroatoms. The molecule has 1 aliphatic rings. The van der Waals surface area contributed by atoms with E-state index in [0.717, 1.165) is 0 Å². The monoisotopic (exact) mass is 322 g/mol. The molecule has 124 valence electrons. The molecule has 1 saturated heterocycles. The fraction of sp³-hybridized carbons (Fsp3) is 0.923. The molecule has 1 aliphatic heterocycles. The number of rotatable bonds is 7. The molecule has 0 aromatic carbocycles. The Bertz CT molecular complexity index is 430. The molecular formula is C13H26N2O5S. The number of carbonyl (C=O) groups excluding carboxylic acids is 1. The van der Waals surface area contributed by atoms with Crippen LogP contribution in [0.3, 0.4) is 0 Å². The molecule has 1 rings (SSSR count). The molecule has 0 spiro atoms. The molecule has 0 aromatic rings. The van der Waals surface area contributed by atoms with E-state index in [1.54, 1.807) is 0 Å². The van der Waals surface area contributed by atoms with E-state index in [2.05, 4.69) is 0 Å². The Labute approximate surface area is 127 Å². The average Bonchev–Trinajstić information content (AvgIpc) is 2.46. The van der Waals surface area contributed by atoms with Crippen molar-refractivity contribution in [1.29, 1.82) is 0 Å². The minimum absolute atomic E-state index is 0.0385. The van der Waals surface area contributed by atoms with Crippen molar-refractivity contribution in [3.8, 4) is 0 Å². The summed E-state index contributed by atoms with van der Waals surface area (Å²) in [5.74, 6) is -0.487. The number of piperidine rings is 1. The van der Waals surface area contributed by atoms with Crippen LogP contribution in [-0.4, -0.2) is 67.5 Å². The summed E-state index contributed by atoms with van der Waals surface area (Å²) in [5.41, 5.74) is 0. The molecule has 0 aliphatic carbocycles. The number of aliphatic hydroxyl groups excluding tert-OH is 1. The van der Waals surface area contributed by atoms with Gasteiger partial charge in [-0.05, 0) is 33.1 Å². The zero-order chi connectivity index (χ0) is 16.0. The van der Waals surface area contributed by atoms with E-state index in [1.807, 2.05) is 13.8 Å². The number of esters is 1. The standard InChI is InChI=1S/C13H26N2O5S/c1-11(2)15(7-4-10-16)21(18,19)14-8-5-12(6-9-14)13(17)20-3/h11-12,16H,4-10H2,1-3H3. The number of carbonyl (C=O) groups is 1. The van der Waals surface area contributed by atoms with Gasteiger partial charge >= 0.3 is 5.97 Å². The Hall–Kier alpha value is -0.700. The molecular weight excluding hydrogens is 296 g/mol. The van der Waals surface area contributed by atoms with Crippen LogP contribution in [0, 0.1) is 5.92 Å². The number of aliphatic hydroxyl groups is 1. The van der Waals surface area contributed by atoms with Crippen LogP contribution in [0.4, 0.5) is 0 Å². The topological polar surface area (TPSA) is 87.2 Å². The van der Waals surface area contributed by atoms with Crippen LogP contribution in [0.25, 0.3) is 0 Å². The molecule has 1 N–H and O–H groups in total. The largest absolute Gasteiger partial charge is 0.469 e. The van der Waals surface area contributed by atoms with Gasteiger partial charge in [-0.25, -0.2) is 0 Å². The number of ether oxygens (including phenoxy) is 1. The van der Waals surface area contributed by atoms with Crippen LogP contribution in [0.1, 0.15) is 33.1 Å². The van der Waals surface area contributed by atoms with E-state index >= 15 is 0 Å². The molecule has 0 bridgehead atoms. The van der Waals surface area contributed by atoms with Crippen molar-refractivity contribution >= 4 is 16.2 Å². The van der Waals surface area contributed by atoms with E-state index in [9.17, 15) is 13.2 Å². The van der Waals surface area contributed by atoms with Crippen molar-refractivity contribution < 1.29 is 23.1 Å². The summed E-state index contributed by atoms with van der Waals surface area (Å²) in [7, 11) is -2.20. The first kappa shape index (κ1) is 18.3. The van der Waals surface area contributed by atoms with Gasteiger partial charge < -0.3 is 9.84 Å². The van der Waals surface area contributed by atoms with Crippen LogP contribution < -0.4 is 0 Å². The highest BCUT2D eigenvalue weighted by Gasteiger charge is 2.35. The molecule has 0 saturated carbocycles. The van der Waals surface area contributed by atoms with Gasteiger partial charge in [-0.3, -0.25) is 4.79 Å². The van der Waals surface area contributed by atoms with Gasteiger partial charge in [0.2, 0.25) is 0 Å². The Balaban J connectivity index is 2.72. The van der Waals surface area contributed by atoms with Gasteiger partial charge in [0.1, 0.15) is 0 Å². The molecule has 0 atom stereocenters. The lowest BCUT2D eigenvalue weighted by Crippen LogP contribution is -2.50. The Morgan fingerprint density at radius 1 is 1.38 bits per heavy atom. The Morgan fingerprint density at radius 2 is 1.95 bits per heavy atom. The summed E-state index contributed by atoms with van der Waals surface area (Å²) >= 11 is 0. The molecule has 0 unspecified atom stereocenters. The normalized spacial score (nSPS) is 18.4. The van der Waals surface area contributed by atoms with Gasteiger partial charge in [-0.2, -0.15) is 17.0 Å². The van der Waals surface area contributed by atoms with Gasteiger partial charge in [-0.1, -0.05) is 0 Å². The minimum atomic E-state index is -3.55. The van der Waals surface area contributed by atoms with Gasteiger partial charge in [-0.15, -0.1) is 0 Å². The van der Waals surface area contributed by atoms with E-state index in [0.29, 0.717) is 38.9 Å². The Morgan fingerprint density at radius 3 is 2.38 bits per heavy atom. The first-order chi connectivity index (χ1) is 9.84. The van der Waals surface area contributed by atoms with Crippen LogP contribution in [0.5, 0.6) is 0 Å². The van der Waals surface area contributed by atoms with E-state index < -0.39 is 10.2 Å². The number of nitrogens with zero attached hydrogens (tertiary/aromatic N) is 2. The zero-order valence-corrected chi connectivity index (χ0v) is 13.8. The first-order valence-electron chi connectivity index (χ1n) is 7.30. The minimum Gasteiger partial charge on any atom is -0.469 e. The van der Waals surface area contributed by atoms with Gasteiger partial charge in [0.05, 0.1) is 13.0 Å². The van der Waals surface area contributed by atoms with Crippen molar-refractivity contribution in [1.82, 2.24) is 8.61 Å². The maximum Gasteiger partial charge on any atom is 0.308 e. The third-order valence-corrected chi connectivity index (χ3v) is 5.94. The summed E-state index contributed by atoms with van der Waals surface area (Å²) < 4.78 is 32.8. The number of hydrogen-bond acceptors (Lipinski definition) is 5. The van der Waals surface area contributed by atoms with Crippen molar-refractivity contribution in [3.05, 3.63) is 0 Å². The second-order valence-corrected chi connectivity index (χ2v) is 7.37. The highest BCUT2D eigenvalue weighted by atomic mass is 32.2. The molecule has 21 heavy (non-hydrogen) atoms. The SMILES string of the molecule is COC(=O)C1CCN(S(=O)(=O)N(CCCO)C(C)C)CC1. The number of methoxy groups -OCH3 is 1. The highest BCUT2D eigenvalue weighted by Crippen LogP contribution is 2.23. The lowest BCUT2D eigenvalue weighted by Gasteiger charge is -2.35. The lowest BCUT2D eigenvalue weighted by atomic mass is 9.99. The van der Waals surface area contributed by atoms with Crippen LogP contribution in [0.15, 0.2) is 0 Å².